The number of nitrogens with one attached hydrogen (secondary N) is 1. The molecule has 1 N–H and O–H groups in total. The first-order valence-corrected chi connectivity index (χ1v) is 9.06. The summed E-state index contributed by atoms with van der Waals surface area (Å²) in [6, 6.07) is 18.5. The number of benzene rings is 2. The third-order valence-corrected chi connectivity index (χ3v) is 4.45. The zero-order valence-electron chi connectivity index (χ0n) is 16.1. The van der Waals surface area contributed by atoms with Gasteiger partial charge in [-0.05, 0) is 61.4 Å². The third kappa shape index (κ3) is 4.96. The van der Waals surface area contributed by atoms with Crippen molar-refractivity contribution in [1.29, 1.82) is 5.26 Å². The molecule has 0 atom stereocenters. The number of halogens is 1. The van der Waals surface area contributed by atoms with E-state index in [2.05, 4.69) is 16.4 Å². The van der Waals surface area contributed by atoms with Gasteiger partial charge in [0.05, 0.1) is 11.5 Å². The molecule has 0 spiro atoms. The lowest BCUT2D eigenvalue weighted by molar-refractivity contribution is 0.0948. The first-order valence-electron chi connectivity index (χ1n) is 9.06. The van der Waals surface area contributed by atoms with Gasteiger partial charge in [0.25, 0.3) is 5.91 Å². The van der Waals surface area contributed by atoms with Gasteiger partial charge in [-0.3, -0.25) is 4.79 Å². The molecule has 0 aliphatic rings. The van der Waals surface area contributed by atoms with Gasteiger partial charge in [-0.2, -0.15) is 5.26 Å². The van der Waals surface area contributed by atoms with Crippen LogP contribution in [0.15, 0.2) is 66.9 Å². The van der Waals surface area contributed by atoms with Crippen LogP contribution in [-0.2, 0) is 12.0 Å². The molecule has 0 bridgehead atoms. The van der Waals surface area contributed by atoms with Crippen LogP contribution in [0.3, 0.4) is 0 Å². The minimum Gasteiger partial charge on any atom is -0.438 e. The Bertz CT molecular complexity index is 1040. The van der Waals surface area contributed by atoms with E-state index in [0.717, 1.165) is 11.1 Å². The number of hydrogen-bond donors (Lipinski definition) is 1. The van der Waals surface area contributed by atoms with Crippen molar-refractivity contribution in [2.75, 3.05) is 0 Å². The van der Waals surface area contributed by atoms with Crippen molar-refractivity contribution in [2.24, 2.45) is 0 Å². The van der Waals surface area contributed by atoms with Crippen LogP contribution in [0.5, 0.6) is 11.6 Å². The van der Waals surface area contributed by atoms with E-state index in [9.17, 15) is 14.4 Å². The first-order chi connectivity index (χ1) is 13.9. The number of hydrogen-bond acceptors (Lipinski definition) is 4. The van der Waals surface area contributed by atoms with Crippen molar-refractivity contribution in [3.05, 3.63) is 89.4 Å². The maximum atomic E-state index is 13.1. The van der Waals surface area contributed by atoms with Gasteiger partial charge in [0.1, 0.15) is 17.1 Å². The Kier molecular flexibility index (Phi) is 5.89. The van der Waals surface area contributed by atoms with E-state index in [1.807, 2.05) is 38.1 Å². The lowest BCUT2D eigenvalue weighted by Crippen LogP contribution is -2.23. The summed E-state index contributed by atoms with van der Waals surface area (Å²) in [5.41, 5.74) is 1.53. The Labute approximate surface area is 168 Å². The summed E-state index contributed by atoms with van der Waals surface area (Å²) in [5.74, 6) is -0.185. The molecule has 0 aliphatic heterocycles. The zero-order chi connectivity index (χ0) is 20.9. The van der Waals surface area contributed by atoms with Gasteiger partial charge in [-0.15, -0.1) is 0 Å². The number of ether oxygens (including phenoxy) is 1. The van der Waals surface area contributed by atoms with Gasteiger partial charge in [0, 0.05) is 12.7 Å². The number of carbonyl (C=O) groups excluding carboxylic acids is 1. The molecule has 1 amide bonds. The van der Waals surface area contributed by atoms with Gasteiger partial charge in [-0.1, -0.05) is 24.3 Å². The topological polar surface area (TPSA) is 75.0 Å². The highest BCUT2D eigenvalue weighted by Crippen LogP contribution is 2.24. The molecular formula is C23H20FN3O2. The second-order valence-electron chi connectivity index (χ2n) is 7.03. The highest BCUT2D eigenvalue weighted by atomic mass is 19.1. The molecule has 146 valence electrons. The van der Waals surface area contributed by atoms with Crippen LogP contribution in [0.4, 0.5) is 4.39 Å². The number of aromatic nitrogens is 1. The molecule has 1 heterocycles. The normalized spacial score (nSPS) is 10.8. The van der Waals surface area contributed by atoms with Crippen molar-refractivity contribution in [3.8, 4) is 17.7 Å². The molecule has 29 heavy (non-hydrogen) atoms. The minimum atomic E-state index is -0.565. The fourth-order valence-corrected chi connectivity index (χ4v) is 2.64. The average molecular weight is 389 g/mol. The number of nitrogens with zero attached hydrogens (tertiary/aromatic N) is 2. The smallest absolute Gasteiger partial charge is 0.257 e. The van der Waals surface area contributed by atoms with Gasteiger partial charge in [0.15, 0.2) is 0 Å². The van der Waals surface area contributed by atoms with E-state index in [4.69, 9.17) is 4.74 Å². The molecule has 3 aromatic rings. The molecule has 5 nitrogen and oxygen atoms in total. The summed E-state index contributed by atoms with van der Waals surface area (Å²) in [4.78, 5) is 16.7. The first kappa shape index (κ1) is 20.0. The molecular weight excluding hydrogens is 369 g/mol. The average Bonchev–Trinajstić information content (AvgIpc) is 2.74. The van der Waals surface area contributed by atoms with E-state index >= 15 is 0 Å². The summed E-state index contributed by atoms with van der Waals surface area (Å²) in [7, 11) is 0. The standard InChI is InChI=1S/C23H20FN3O2/c1-23(2,15-25)17-7-5-16(6-8-17)14-27-21(28)20-4-3-13-26-22(20)29-19-11-9-18(24)10-12-19/h3-13H,14H2,1-2H3,(H,27,28). The number of rotatable bonds is 6. The number of pyridine rings is 1. The highest BCUT2D eigenvalue weighted by Gasteiger charge is 2.19. The molecule has 0 unspecified atom stereocenters. The van der Waals surface area contributed by atoms with E-state index in [-0.39, 0.29) is 23.2 Å². The van der Waals surface area contributed by atoms with Gasteiger partial charge >= 0.3 is 0 Å². The summed E-state index contributed by atoms with van der Waals surface area (Å²) >= 11 is 0. The van der Waals surface area contributed by atoms with Crippen LogP contribution < -0.4 is 10.1 Å². The molecule has 3 rings (SSSR count). The zero-order valence-corrected chi connectivity index (χ0v) is 16.1. The van der Waals surface area contributed by atoms with Gasteiger partial charge in [0.2, 0.25) is 5.88 Å². The van der Waals surface area contributed by atoms with Crippen LogP contribution in [0.2, 0.25) is 0 Å². The summed E-state index contributed by atoms with van der Waals surface area (Å²) < 4.78 is 18.7. The number of carbonyl (C=O) groups is 1. The van der Waals surface area contributed by atoms with Crippen molar-refractivity contribution in [1.82, 2.24) is 10.3 Å². The van der Waals surface area contributed by atoms with Crippen molar-refractivity contribution in [3.63, 3.8) is 0 Å². The predicted molar refractivity (Wildman–Crippen MR) is 107 cm³/mol. The molecule has 6 heteroatoms. The Morgan fingerprint density at radius 2 is 1.83 bits per heavy atom. The maximum absolute atomic E-state index is 13.1. The monoisotopic (exact) mass is 389 g/mol. The molecule has 0 aliphatic carbocycles. The van der Waals surface area contributed by atoms with Gasteiger partial charge in [-0.25, -0.2) is 9.37 Å². The maximum Gasteiger partial charge on any atom is 0.257 e. The summed E-state index contributed by atoms with van der Waals surface area (Å²) in [6.45, 7) is 4.03. The van der Waals surface area contributed by atoms with Crippen molar-refractivity contribution >= 4 is 5.91 Å². The van der Waals surface area contributed by atoms with Crippen LogP contribution >= 0.6 is 0 Å². The molecule has 2 aromatic carbocycles. The van der Waals surface area contributed by atoms with Crippen LogP contribution in [0, 0.1) is 17.1 Å². The van der Waals surface area contributed by atoms with E-state index in [1.165, 1.54) is 30.5 Å². The van der Waals surface area contributed by atoms with Crippen LogP contribution in [0.25, 0.3) is 0 Å². The second-order valence-corrected chi connectivity index (χ2v) is 7.03. The lowest BCUT2D eigenvalue weighted by atomic mass is 9.86. The Morgan fingerprint density at radius 1 is 1.14 bits per heavy atom. The van der Waals surface area contributed by atoms with E-state index < -0.39 is 5.41 Å². The second kappa shape index (κ2) is 8.53. The predicted octanol–water partition coefficient (Wildman–Crippen LogP) is 4.74. The molecule has 0 fully saturated rings. The highest BCUT2D eigenvalue weighted by molar-refractivity contribution is 5.96. The number of nitriles is 1. The summed E-state index contributed by atoms with van der Waals surface area (Å²) in [5, 5.41) is 12.1. The minimum absolute atomic E-state index is 0.141. The third-order valence-electron chi connectivity index (χ3n) is 4.45. The van der Waals surface area contributed by atoms with Crippen molar-refractivity contribution in [2.45, 2.75) is 25.8 Å². The van der Waals surface area contributed by atoms with Gasteiger partial charge < -0.3 is 10.1 Å². The molecule has 0 saturated heterocycles. The van der Waals surface area contributed by atoms with Crippen LogP contribution in [-0.4, -0.2) is 10.9 Å². The lowest BCUT2D eigenvalue weighted by Gasteiger charge is -2.16. The van der Waals surface area contributed by atoms with Crippen LogP contribution in [0.1, 0.15) is 35.3 Å². The largest absolute Gasteiger partial charge is 0.438 e. The van der Waals surface area contributed by atoms with E-state index in [1.54, 1.807) is 12.1 Å². The Hall–Kier alpha value is -3.72. The molecule has 0 saturated carbocycles. The summed E-state index contributed by atoms with van der Waals surface area (Å²) in [6.07, 6.45) is 1.52. The fraction of sp³-hybridized carbons (Fsp3) is 0.174. The SMILES string of the molecule is CC(C)(C#N)c1ccc(CNC(=O)c2cccnc2Oc2ccc(F)cc2)cc1. The fourth-order valence-electron chi connectivity index (χ4n) is 2.64. The molecule has 1 aromatic heterocycles. The van der Waals surface area contributed by atoms with Crippen molar-refractivity contribution < 1.29 is 13.9 Å². The Morgan fingerprint density at radius 3 is 2.48 bits per heavy atom. The Balaban J connectivity index is 1.68. The number of amides is 1. The molecule has 0 radical (unpaired) electrons. The van der Waals surface area contributed by atoms with E-state index in [0.29, 0.717) is 12.3 Å². The quantitative estimate of drug-likeness (QED) is 0.660.